The Morgan fingerprint density at radius 3 is 2.63 bits per heavy atom. The van der Waals surface area contributed by atoms with Crippen LogP contribution in [0, 0.1) is 0 Å². The van der Waals surface area contributed by atoms with E-state index in [0.29, 0.717) is 17.9 Å². The highest BCUT2D eigenvalue weighted by atomic mass is 35.5. The average molecular weight is 301 g/mol. The molecule has 0 saturated carbocycles. The Morgan fingerprint density at radius 2 is 1.95 bits per heavy atom. The van der Waals surface area contributed by atoms with Gasteiger partial charge < -0.3 is 4.98 Å². The summed E-state index contributed by atoms with van der Waals surface area (Å²) < 4.78 is 24.5. The van der Waals surface area contributed by atoms with Gasteiger partial charge in [-0.3, -0.25) is 4.57 Å². The molecule has 7 heteroatoms. The van der Waals surface area contributed by atoms with Gasteiger partial charge in [-0.1, -0.05) is 11.6 Å². The first-order chi connectivity index (χ1) is 8.96. The number of aromatic amines is 1. The minimum Gasteiger partial charge on any atom is -0.306 e. The summed E-state index contributed by atoms with van der Waals surface area (Å²) in [6.45, 7) is 0. The van der Waals surface area contributed by atoms with Crippen molar-refractivity contribution in [1.29, 1.82) is 0 Å². The molecule has 0 spiro atoms. The summed E-state index contributed by atoms with van der Waals surface area (Å²) >= 11 is 5.96. The molecule has 1 aromatic carbocycles. The van der Waals surface area contributed by atoms with Crippen LogP contribution in [0.3, 0.4) is 0 Å². The minimum atomic E-state index is -2.93. The van der Waals surface area contributed by atoms with Crippen LogP contribution in [0.4, 0.5) is 0 Å². The van der Waals surface area contributed by atoms with Crippen LogP contribution in [0.15, 0.2) is 23.0 Å². The molecule has 1 aliphatic rings. The number of nitrogens with zero attached hydrogens (tertiary/aromatic N) is 1. The SMILES string of the molecule is O=c1[nH]c2ccc(Cl)cc2n1C1CCS(=O)(=O)CC1. The van der Waals surface area contributed by atoms with Crippen molar-refractivity contribution < 1.29 is 8.42 Å². The third-order valence-corrected chi connectivity index (χ3v) is 5.52. The molecule has 2 aromatic rings. The number of hydrogen-bond acceptors (Lipinski definition) is 3. The highest BCUT2D eigenvalue weighted by Crippen LogP contribution is 2.27. The van der Waals surface area contributed by atoms with Crippen LogP contribution in [0.2, 0.25) is 5.02 Å². The molecule has 0 atom stereocenters. The summed E-state index contributed by atoms with van der Waals surface area (Å²) in [4.78, 5) is 14.8. The van der Waals surface area contributed by atoms with Gasteiger partial charge in [0.05, 0.1) is 22.5 Å². The molecule has 3 rings (SSSR count). The molecule has 5 nitrogen and oxygen atoms in total. The maximum Gasteiger partial charge on any atom is 0.326 e. The standard InChI is InChI=1S/C12H13ClN2O3S/c13-8-1-2-10-11(7-8)15(12(16)14-10)9-3-5-19(17,18)6-4-9/h1-2,7,9H,3-6H2,(H,14,16). The average Bonchev–Trinajstić information content (AvgIpc) is 2.65. The summed E-state index contributed by atoms with van der Waals surface area (Å²) in [5.74, 6) is 0.273. The number of rotatable bonds is 1. The van der Waals surface area contributed by atoms with Crippen molar-refractivity contribution in [2.45, 2.75) is 18.9 Å². The lowest BCUT2D eigenvalue weighted by molar-refractivity contribution is 0.450. The first kappa shape index (κ1) is 12.7. The molecule has 102 valence electrons. The van der Waals surface area contributed by atoms with E-state index in [2.05, 4.69) is 4.98 Å². The predicted molar refractivity (Wildman–Crippen MR) is 74.5 cm³/mol. The van der Waals surface area contributed by atoms with Crippen LogP contribution in [-0.4, -0.2) is 29.5 Å². The van der Waals surface area contributed by atoms with Crippen molar-refractivity contribution >= 4 is 32.5 Å². The van der Waals surface area contributed by atoms with Gasteiger partial charge >= 0.3 is 5.69 Å². The van der Waals surface area contributed by atoms with Gasteiger partial charge in [-0.15, -0.1) is 0 Å². The molecule has 2 heterocycles. The molecule has 1 N–H and O–H groups in total. The quantitative estimate of drug-likeness (QED) is 0.872. The van der Waals surface area contributed by atoms with Crippen LogP contribution in [0.25, 0.3) is 11.0 Å². The lowest BCUT2D eigenvalue weighted by Crippen LogP contribution is -2.30. The second-order valence-corrected chi connectivity index (χ2v) is 7.58. The van der Waals surface area contributed by atoms with E-state index < -0.39 is 9.84 Å². The zero-order valence-electron chi connectivity index (χ0n) is 10.1. The topological polar surface area (TPSA) is 71.9 Å². The van der Waals surface area contributed by atoms with Crippen LogP contribution >= 0.6 is 11.6 Å². The number of sulfone groups is 1. The molecule has 1 aromatic heterocycles. The van der Waals surface area contributed by atoms with Crippen molar-refractivity contribution in [1.82, 2.24) is 9.55 Å². The van der Waals surface area contributed by atoms with Crippen LogP contribution in [0.1, 0.15) is 18.9 Å². The first-order valence-electron chi connectivity index (χ1n) is 6.06. The number of aromatic nitrogens is 2. The fourth-order valence-corrected chi connectivity index (χ4v) is 4.23. The Kier molecular flexibility index (Phi) is 2.94. The Hall–Kier alpha value is -1.27. The molecule has 1 aliphatic heterocycles. The highest BCUT2D eigenvalue weighted by Gasteiger charge is 2.26. The van der Waals surface area contributed by atoms with Gasteiger partial charge in [0.25, 0.3) is 0 Å². The summed E-state index contributed by atoms with van der Waals surface area (Å²) in [7, 11) is -2.93. The largest absolute Gasteiger partial charge is 0.326 e. The molecule has 19 heavy (non-hydrogen) atoms. The lowest BCUT2D eigenvalue weighted by atomic mass is 10.1. The van der Waals surface area contributed by atoms with Gasteiger partial charge in [-0.25, -0.2) is 13.2 Å². The van der Waals surface area contributed by atoms with Crippen molar-refractivity contribution in [2.75, 3.05) is 11.5 Å². The Balaban J connectivity index is 2.08. The Bertz CT molecular complexity index is 777. The summed E-state index contributed by atoms with van der Waals surface area (Å²) in [5, 5.41) is 0.559. The fraction of sp³-hybridized carbons (Fsp3) is 0.417. The molecule has 0 amide bonds. The zero-order valence-corrected chi connectivity index (χ0v) is 11.7. The number of benzene rings is 1. The van der Waals surface area contributed by atoms with Crippen molar-refractivity contribution in [3.05, 3.63) is 33.7 Å². The van der Waals surface area contributed by atoms with Gasteiger partial charge in [-0.05, 0) is 31.0 Å². The fourth-order valence-electron chi connectivity index (χ4n) is 2.59. The maximum atomic E-state index is 12.0. The smallest absolute Gasteiger partial charge is 0.306 e. The van der Waals surface area contributed by atoms with Crippen molar-refractivity contribution in [3.63, 3.8) is 0 Å². The van der Waals surface area contributed by atoms with Gasteiger partial charge in [0.15, 0.2) is 0 Å². The van der Waals surface area contributed by atoms with Crippen LogP contribution in [-0.2, 0) is 9.84 Å². The summed E-state index contributed by atoms with van der Waals surface area (Å²) in [5.41, 5.74) is 1.26. The zero-order chi connectivity index (χ0) is 13.6. The maximum absolute atomic E-state index is 12.0. The predicted octanol–water partition coefficient (Wildman–Crippen LogP) is 1.73. The van der Waals surface area contributed by atoms with Gasteiger partial charge in [0, 0.05) is 11.1 Å². The highest BCUT2D eigenvalue weighted by molar-refractivity contribution is 7.91. The normalized spacial score (nSPS) is 19.8. The minimum absolute atomic E-state index is 0.0803. The number of imidazole rings is 1. The van der Waals surface area contributed by atoms with Crippen LogP contribution < -0.4 is 5.69 Å². The Morgan fingerprint density at radius 1 is 1.26 bits per heavy atom. The molecular formula is C12H13ClN2O3S. The van der Waals surface area contributed by atoms with Gasteiger partial charge in [0.2, 0.25) is 0 Å². The van der Waals surface area contributed by atoms with E-state index in [4.69, 9.17) is 11.6 Å². The molecule has 1 fully saturated rings. The molecule has 0 radical (unpaired) electrons. The lowest BCUT2D eigenvalue weighted by Gasteiger charge is -2.23. The van der Waals surface area contributed by atoms with E-state index in [1.54, 1.807) is 22.8 Å². The summed E-state index contributed by atoms with van der Waals surface area (Å²) in [6.07, 6.45) is 0.948. The number of fused-ring (bicyclic) bond motifs is 1. The number of hydrogen-bond donors (Lipinski definition) is 1. The van der Waals surface area contributed by atoms with E-state index >= 15 is 0 Å². The molecule has 0 unspecified atom stereocenters. The molecule has 0 bridgehead atoms. The second-order valence-electron chi connectivity index (χ2n) is 4.84. The third kappa shape index (κ3) is 2.30. The first-order valence-corrected chi connectivity index (χ1v) is 8.26. The number of halogens is 1. The second kappa shape index (κ2) is 4.38. The van der Waals surface area contributed by atoms with Crippen LogP contribution in [0.5, 0.6) is 0 Å². The molecular weight excluding hydrogens is 288 g/mol. The van der Waals surface area contributed by atoms with Crippen molar-refractivity contribution in [2.24, 2.45) is 0 Å². The van der Waals surface area contributed by atoms with Crippen molar-refractivity contribution in [3.8, 4) is 0 Å². The molecule has 0 aliphatic carbocycles. The third-order valence-electron chi connectivity index (χ3n) is 3.57. The molecule has 1 saturated heterocycles. The number of H-pyrrole nitrogens is 1. The van der Waals surface area contributed by atoms with E-state index in [-0.39, 0.29) is 23.2 Å². The van der Waals surface area contributed by atoms with E-state index in [1.807, 2.05) is 0 Å². The summed E-state index contributed by atoms with van der Waals surface area (Å²) in [6, 6.07) is 5.13. The van der Waals surface area contributed by atoms with E-state index in [9.17, 15) is 13.2 Å². The van der Waals surface area contributed by atoms with Gasteiger partial charge in [-0.2, -0.15) is 0 Å². The van der Waals surface area contributed by atoms with Gasteiger partial charge in [0.1, 0.15) is 9.84 Å². The van der Waals surface area contributed by atoms with E-state index in [0.717, 1.165) is 11.0 Å². The Labute approximate surface area is 115 Å². The van der Waals surface area contributed by atoms with E-state index in [1.165, 1.54) is 0 Å². The number of nitrogens with one attached hydrogen (secondary N) is 1. The monoisotopic (exact) mass is 300 g/mol.